The molecule has 0 atom stereocenters. The van der Waals surface area contributed by atoms with Crippen LogP contribution in [0.4, 0.5) is 14.3 Å². The summed E-state index contributed by atoms with van der Waals surface area (Å²) in [5.74, 6) is -0.393. The maximum Gasteiger partial charge on any atom is 0.337 e. The van der Waals surface area contributed by atoms with E-state index in [1.165, 1.54) is 18.4 Å². The Balaban J connectivity index is 1.54. The first kappa shape index (κ1) is 21.4. The van der Waals surface area contributed by atoms with Gasteiger partial charge >= 0.3 is 12.0 Å². The molecule has 10 heteroatoms. The van der Waals surface area contributed by atoms with Gasteiger partial charge in [-0.1, -0.05) is 23.5 Å². The number of rotatable bonds is 8. The number of thiazole rings is 1. The number of methoxy groups -OCH3 is 1. The summed E-state index contributed by atoms with van der Waals surface area (Å²) in [4.78, 5) is 33.2. The second-order valence-electron chi connectivity index (χ2n) is 6.43. The molecule has 0 aliphatic carbocycles. The van der Waals surface area contributed by atoms with Crippen LogP contribution in [0.2, 0.25) is 0 Å². The van der Waals surface area contributed by atoms with Crippen molar-refractivity contribution in [2.45, 2.75) is 19.9 Å². The molecule has 2 aromatic heterocycles. The zero-order chi connectivity index (χ0) is 21.5. The minimum Gasteiger partial charge on any atom is -0.465 e. The van der Waals surface area contributed by atoms with Crippen molar-refractivity contribution in [1.82, 2.24) is 19.9 Å². The number of aromatic nitrogens is 3. The molecule has 0 unspecified atom stereocenters. The number of halogens is 1. The molecule has 2 amide bonds. The quantitative estimate of drug-likeness (QED) is 0.533. The molecular weight excluding hydrogens is 409 g/mol. The number of esters is 1. The molecule has 0 saturated heterocycles. The van der Waals surface area contributed by atoms with Gasteiger partial charge in [0.05, 0.1) is 41.8 Å². The molecule has 0 radical (unpaired) electrons. The van der Waals surface area contributed by atoms with E-state index < -0.39 is 12.6 Å². The number of hydrogen-bond acceptors (Lipinski definition) is 6. The van der Waals surface area contributed by atoms with Crippen LogP contribution in [-0.2, 0) is 17.7 Å². The number of imidazole rings is 1. The largest absolute Gasteiger partial charge is 0.465 e. The predicted octanol–water partition coefficient (Wildman–Crippen LogP) is 3.44. The third-order valence-corrected chi connectivity index (χ3v) is 5.40. The lowest BCUT2D eigenvalue weighted by Crippen LogP contribution is -2.30. The van der Waals surface area contributed by atoms with E-state index in [9.17, 15) is 14.0 Å². The molecule has 8 nitrogen and oxygen atoms in total. The number of carbonyl (C=O) groups is 2. The second-order valence-corrected chi connectivity index (χ2v) is 7.42. The van der Waals surface area contributed by atoms with Gasteiger partial charge in [0.15, 0.2) is 5.13 Å². The third kappa shape index (κ3) is 5.41. The molecule has 2 heterocycles. The molecule has 0 aliphatic rings. The van der Waals surface area contributed by atoms with Gasteiger partial charge in [0, 0.05) is 19.2 Å². The van der Waals surface area contributed by atoms with Gasteiger partial charge in [-0.3, -0.25) is 5.32 Å². The fourth-order valence-corrected chi connectivity index (χ4v) is 3.76. The lowest BCUT2D eigenvalue weighted by Gasteiger charge is -2.04. The highest BCUT2D eigenvalue weighted by atomic mass is 32.1. The summed E-state index contributed by atoms with van der Waals surface area (Å²) < 4.78 is 18.7. The smallest absolute Gasteiger partial charge is 0.337 e. The first-order valence-electron chi connectivity index (χ1n) is 9.27. The number of nitrogens with zero attached hydrogens (tertiary/aromatic N) is 3. The van der Waals surface area contributed by atoms with Gasteiger partial charge < -0.3 is 14.6 Å². The number of nitrogens with one attached hydrogen (secondary N) is 2. The monoisotopic (exact) mass is 431 g/mol. The molecule has 0 saturated carbocycles. The number of carbonyl (C=O) groups excluding carboxylic acids is 2. The summed E-state index contributed by atoms with van der Waals surface area (Å²) in [6, 6.07) is 6.65. The molecule has 0 bridgehead atoms. The molecule has 1 aromatic carbocycles. The van der Waals surface area contributed by atoms with Gasteiger partial charge in [0.25, 0.3) is 0 Å². The number of ether oxygens (including phenoxy) is 1. The summed E-state index contributed by atoms with van der Waals surface area (Å²) in [5, 5.41) is 5.97. The number of anilines is 1. The van der Waals surface area contributed by atoms with E-state index >= 15 is 0 Å². The van der Waals surface area contributed by atoms with Gasteiger partial charge in [0.2, 0.25) is 0 Å². The maximum atomic E-state index is 12.3. The molecule has 0 spiro atoms. The standard InChI is InChI=1S/C20H22FN5O3S/c1-13-17(14-3-5-15(6-4-14)18(27)29-2)30-20(24-13)25-19(28)22-9-7-16-11-26(10-8-21)12-23-16/h3-6,11-12H,7-10H2,1-2H3,(H2,22,24,25,28). The Hall–Kier alpha value is -3.27. The van der Waals surface area contributed by atoms with Crippen molar-refractivity contribution >= 4 is 28.5 Å². The number of aryl methyl sites for hydroxylation is 2. The van der Waals surface area contributed by atoms with Crippen LogP contribution in [0.3, 0.4) is 0 Å². The fraction of sp³-hybridized carbons (Fsp3) is 0.300. The van der Waals surface area contributed by atoms with Gasteiger partial charge in [0.1, 0.15) is 6.67 Å². The Morgan fingerprint density at radius 1 is 1.27 bits per heavy atom. The predicted molar refractivity (Wildman–Crippen MR) is 113 cm³/mol. The van der Waals surface area contributed by atoms with Gasteiger partial charge in [-0.15, -0.1) is 0 Å². The van der Waals surface area contributed by atoms with Crippen molar-refractivity contribution in [3.63, 3.8) is 0 Å². The Bertz CT molecular complexity index is 1020. The maximum absolute atomic E-state index is 12.3. The third-order valence-electron chi connectivity index (χ3n) is 4.28. The van der Waals surface area contributed by atoms with Crippen molar-refractivity contribution < 1.29 is 18.7 Å². The molecule has 2 N–H and O–H groups in total. The first-order valence-corrected chi connectivity index (χ1v) is 10.1. The van der Waals surface area contributed by atoms with Gasteiger partial charge in [-0.05, 0) is 24.6 Å². The van der Waals surface area contributed by atoms with Gasteiger partial charge in [-0.2, -0.15) is 0 Å². The fourth-order valence-electron chi connectivity index (χ4n) is 2.79. The van der Waals surface area contributed by atoms with Crippen molar-refractivity contribution in [2.24, 2.45) is 0 Å². The van der Waals surface area contributed by atoms with E-state index in [1.807, 2.05) is 19.1 Å². The Kier molecular flexibility index (Phi) is 7.12. The van der Waals surface area contributed by atoms with Crippen LogP contribution in [0.5, 0.6) is 0 Å². The number of amides is 2. The minimum absolute atomic E-state index is 0.276. The van der Waals surface area contributed by atoms with E-state index in [0.717, 1.165) is 21.8 Å². The first-order chi connectivity index (χ1) is 14.5. The molecule has 30 heavy (non-hydrogen) atoms. The molecule has 158 valence electrons. The summed E-state index contributed by atoms with van der Waals surface area (Å²) in [7, 11) is 1.34. The molecule has 3 rings (SSSR count). The lowest BCUT2D eigenvalue weighted by atomic mass is 10.1. The van der Waals surface area contributed by atoms with E-state index in [-0.39, 0.29) is 12.6 Å². The summed E-state index contributed by atoms with van der Waals surface area (Å²) in [6.45, 7) is 2.08. The lowest BCUT2D eigenvalue weighted by molar-refractivity contribution is 0.0600. The normalized spacial score (nSPS) is 10.6. The van der Waals surface area contributed by atoms with Crippen LogP contribution >= 0.6 is 11.3 Å². The highest BCUT2D eigenvalue weighted by Crippen LogP contribution is 2.32. The molecule has 0 fully saturated rings. The topological polar surface area (TPSA) is 98.1 Å². The Morgan fingerprint density at radius 3 is 2.73 bits per heavy atom. The van der Waals surface area contributed by atoms with Crippen LogP contribution in [0, 0.1) is 6.92 Å². The van der Waals surface area contributed by atoms with E-state index in [2.05, 4.69) is 20.6 Å². The number of alkyl halides is 1. The van der Waals surface area contributed by atoms with Crippen LogP contribution in [0.15, 0.2) is 36.8 Å². The highest BCUT2D eigenvalue weighted by Gasteiger charge is 2.13. The summed E-state index contributed by atoms with van der Waals surface area (Å²) in [5.41, 5.74) is 2.93. The minimum atomic E-state index is -0.443. The van der Waals surface area contributed by atoms with E-state index in [1.54, 1.807) is 29.2 Å². The zero-order valence-corrected chi connectivity index (χ0v) is 17.5. The van der Waals surface area contributed by atoms with Crippen LogP contribution in [-0.4, -0.2) is 46.9 Å². The molecular formula is C20H22FN5O3S. The average molecular weight is 431 g/mol. The van der Waals surface area contributed by atoms with Crippen LogP contribution in [0.25, 0.3) is 10.4 Å². The molecule has 0 aliphatic heterocycles. The van der Waals surface area contributed by atoms with E-state index in [4.69, 9.17) is 4.74 Å². The van der Waals surface area contributed by atoms with Crippen molar-refractivity contribution in [3.8, 4) is 10.4 Å². The summed E-state index contributed by atoms with van der Waals surface area (Å²) in [6.07, 6.45) is 3.88. The van der Waals surface area contributed by atoms with Crippen molar-refractivity contribution in [2.75, 3.05) is 25.6 Å². The SMILES string of the molecule is COC(=O)c1ccc(-c2sc(NC(=O)NCCc3cn(CCF)cn3)nc2C)cc1. The van der Waals surface area contributed by atoms with Crippen LogP contribution in [0.1, 0.15) is 21.7 Å². The van der Waals surface area contributed by atoms with Crippen molar-refractivity contribution in [1.29, 1.82) is 0 Å². The number of benzene rings is 1. The Morgan fingerprint density at radius 2 is 2.03 bits per heavy atom. The van der Waals surface area contributed by atoms with Crippen molar-refractivity contribution in [3.05, 3.63) is 53.7 Å². The molecule has 3 aromatic rings. The summed E-state index contributed by atoms with van der Waals surface area (Å²) >= 11 is 1.35. The highest BCUT2D eigenvalue weighted by molar-refractivity contribution is 7.19. The Labute approximate surface area is 177 Å². The van der Waals surface area contributed by atoms with Crippen LogP contribution < -0.4 is 10.6 Å². The second kappa shape index (κ2) is 9.97. The number of hydrogen-bond donors (Lipinski definition) is 2. The van der Waals surface area contributed by atoms with E-state index in [0.29, 0.717) is 23.7 Å². The average Bonchev–Trinajstić information content (AvgIpc) is 3.34. The number of urea groups is 1. The van der Waals surface area contributed by atoms with Gasteiger partial charge in [-0.25, -0.2) is 23.9 Å². The zero-order valence-electron chi connectivity index (χ0n) is 16.6.